The largest absolute Gasteiger partial charge is 0.285 e. The minimum Gasteiger partial charge on any atom is -0.285 e. The summed E-state index contributed by atoms with van der Waals surface area (Å²) in [6.45, 7) is 22.2. The van der Waals surface area contributed by atoms with Crippen LogP contribution in [0.4, 0.5) is 0 Å². The second-order valence-corrected chi connectivity index (χ2v) is 9.71. The van der Waals surface area contributed by atoms with Crippen molar-refractivity contribution >= 4 is 22.9 Å². The Hall–Kier alpha value is 0.650. The van der Waals surface area contributed by atoms with Crippen LogP contribution in [0.15, 0.2) is 0 Å². The highest BCUT2D eigenvalue weighted by atomic mass is 127. The highest BCUT2D eigenvalue weighted by molar-refractivity contribution is 14.1. The maximum atomic E-state index is 2.54. The Morgan fingerprint density at radius 3 is 1.70 bits per heavy atom. The van der Waals surface area contributed by atoms with Gasteiger partial charge in [-0.25, -0.2) is 3.11 Å². The molecular weight excluding hydrogens is 359 g/mol. The van der Waals surface area contributed by atoms with Crippen LogP contribution in [-0.2, 0) is 0 Å². The molecule has 0 N–H and O–H groups in total. The standard InChI is InChI=1S/C17H37IN2/c1-11-15(19(10)17(7,8)9)20(18)12-14(13(2)3)16(4,5)6/h13-15H,11-12H2,1-10H3. The fraction of sp³-hybridized carbons (Fsp3) is 1.00. The van der Waals surface area contributed by atoms with E-state index in [-0.39, 0.29) is 5.54 Å². The van der Waals surface area contributed by atoms with Gasteiger partial charge in [0.15, 0.2) is 0 Å². The van der Waals surface area contributed by atoms with Crippen LogP contribution >= 0.6 is 22.9 Å². The first kappa shape index (κ1) is 20.6. The van der Waals surface area contributed by atoms with Crippen LogP contribution in [0.3, 0.4) is 0 Å². The second-order valence-electron chi connectivity index (χ2n) is 8.47. The normalized spacial score (nSPS) is 17.1. The summed E-state index contributed by atoms with van der Waals surface area (Å²) in [4.78, 5) is 2.50. The molecule has 0 amide bonds. The lowest BCUT2D eigenvalue weighted by molar-refractivity contribution is 0.0371. The third-order valence-electron chi connectivity index (χ3n) is 4.48. The van der Waals surface area contributed by atoms with Crippen LogP contribution in [0.25, 0.3) is 0 Å². The van der Waals surface area contributed by atoms with Gasteiger partial charge in [0.25, 0.3) is 0 Å². The molecule has 2 unspecified atom stereocenters. The first-order valence-electron chi connectivity index (χ1n) is 7.97. The third-order valence-corrected chi connectivity index (χ3v) is 5.52. The zero-order chi connectivity index (χ0) is 16.3. The molecule has 20 heavy (non-hydrogen) atoms. The molecule has 0 aromatic heterocycles. The van der Waals surface area contributed by atoms with Gasteiger partial charge in [0.1, 0.15) is 0 Å². The second kappa shape index (κ2) is 7.77. The SMILES string of the molecule is CCC(N(I)CC(C(C)C)C(C)(C)C)N(C)C(C)(C)C. The molecule has 2 nitrogen and oxygen atoms in total. The maximum Gasteiger partial charge on any atom is 0.0712 e. The van der Waals surface area contributed by atoms with E-state index in [1.54, 1.807) is 0 Å². The molecule has 0 saturated heterocycles. The summed E-state index contributed by atoms with van der Waals surface area (Å²) in [5.41, 5.74) is 0.565. The molecular formula is C17H37IN2. The number of hydrogen-bond acceptors (Lipinski definition) is 2. The molecule has 0 spiro atoms. The molecule has 3 heteroatoms. The van der Waals surface area contributed by atoms with Gasteiger partial charge in [-0.1, -0.05) is 41.5 Å². The number of rotatable bonds is 6. The molecule has 0 aliphatic rings. The summed E-state index contributed by atoms with van der Waals surface area (Å²) in [7, 11) is 2.25. The van der Waals surface area contributed by atoms with Crippen LogP contribution in [0.1, 0.15) is 68.7 Å². The first-order valence-corrected chi connectivity index (χ1v) is 8.94. The van der Waals surface area contributed by atoms with E-state index >= 15 is 0 Å². The highest BCUT2D eigenvalue weighted by Gasteiger charge is 2.33. The predicted molar refractivity (Wildman–Crippen MR) is 100 cm³/mol. The Morgan fingerprint density at radius 1 is 1.00 bits per heavy atom. The zero-order valence-corrected chi connectivity index (χ0v) is 17.6. The van der Waals surface area contributed by atoms with Crippen LogP contribution in [0, 0.1) is 17.3 Å². The van der Waals surface area contributed by atoms with Gasteiger partial charge in [0.05, 0.1) is 6.17 Å². The van der Waals surface area contributed by atoms with E-state index in [2.05, 4.69) is 100 Å². The number of nitrogens with zero attached hydrogens (tertiary/aromatic N) is 2. The molecule has 0 aliphatic carbocycles. The van der Waals surface area contributed by atoms with Gasteiger partial charge < -0.3 is 0 Å². The van der Waals surface area contributed by atoms with Crippen LogP contribution in [-0.4, -0.2) is 33.3 Å². The lowest BCUT2D eigenvalue weighted by atomic mass is 9.74. The van der Waals surface area contributed by atoms with Gasteiger partial charge in [-0.15, -0.1) is 0 Å². The lowest BCUT2D eigenvalue weighted by Gasteiger charge is -2.44. The molecule has 0 bridgehead atoms. The molecule has 0 aromatic carbocycles. The number of halogens is 1. The molecule has 0 fully saturated rings. The molecule has 0 rings (SSSR count). The molecule has 0 saturated carbocycles. The average molecular weight is 396 g/mol. The smallest absolute Gasteiger partial charge is 0.0712 e. The average Bonchev–Trinajstić information content (AvgIpc) is 2.23. The monoisotopic (exact) mass is 396 g/mol. The van der Waals surface area contributed by atoms with Crippen molar-refractivity contribution in [2.24, 2.45) is 17.3 Å². The van der Waals surface area contributed by atoms with Crippen molar-refractivity contribution in [1.29, 1.82) is 0 Å². The molecule has 0 aromatic rings. The van der Waals surface area contributed by atoms with Crippen molar-refractivity contribution < 1.29 is 0 Å². The lowest BCUT2D eigenvalue weighted by Crippen LogP contribution is -2.52. The molecule has 122 valence electrons. The zero-order valence-electron chi connectivity index (χ0n) is 15.4. The van der Waals surface area contributed by atoms with Gasteiger partial charge in [0.2, 0.25) is 0 Å². The quantitative estimate of drug-likeness (QED) is 0.336. The van der Waals surface area contributed by atoms with Crippen molar-refractivity contribution in [2.75, 3.05) is 13.6 Å². The van der Waals surface area contributed by atoms with Crippen LogP contribution in [0.2, 0.25) is 0 Å². The molecule has 0 aliphatic heterocycles. The van der Waals surface area contributed by atoms with E-state index in [9.17, 15) is 0 Å². The van der Waals surface area contributed by atoms with E-state index < -0.39 is 0 Å². The van der Waals surface area contributed by atoms with Crippen molar-refractivity contribution in [3.05, 3.63) is 0 Å². The summed E-state index contributed by atoms with van der Waals surface area (Å²) in [5.74, 6) is 1.42. The Balaban J connectivity index is 4.98. The van der Waals surface area contributed by atoms with Crippen molar-refractivity contribution in [1.82, 2.24) is 8.01 Å². The fourth-order valence-corrected chi connectivity index (χ4v) is 4.09. The van der Waals surface area contributed by atoms with E-state index in [1.165, 1.54) is 0 Å². The van der Waals surface area contributed by atoms with E-state index in [4.69, 9.17) is 0 Å². The summed E-state index contributed by atoms with van der Waals surface area (Å²) < 4.78 is 2.53. The fourth-order valence-electron chi connectivity index (χ4n) is 2.90. The highest BCUT2D eigenvalue weighted by Crippen LogP contribution is 2.35. The predicted octanol–water partition coefficient (Wildman–Crippen LogP) is 5.42. The van der Waals surface area contributed by atoms with Gasteiger partial charge in [-0.05, 0) is 51.5 Å². The Morgan fingerprint density at radius 2 is 1.45 bits per heavy atom. The van der Waals surface area contributed by atoms with E-state index in [0.717, 1.165) is 13.0 Å². The third kappa shape index (κ3) is 6.18. The Bertz CT molecular complexity index is 276. The summed E-state index contributed by atoms with van der Waals surface area (Å²) in [5, 5.41) is 0. The molecule has 0 heterocycles. The minimum absolute atomic E-state index is 0.207. The molecule has 2 atom stereocenters. The maximum absolute atomic E-state index is 2.54. The van der Waals surface area contributed by atoms with E-state index in [0.29, 0.717) is 23.4 Å². The van der Waals surface area contributed by atoms with Crippen molar-refractivity contribution in [2.45, 2.75) is 80.4 Å². The van der Waals surface area contributed by atoms with Gasteiger partial charge in [-0.2, -0.15) is 0 Å². The van der Waals surface area contributed by atoms with Crippen molar-refractivity contribution in [3.63, 3.8) is 0 Å². The first-order chi connectivity index (χ1) is 8.82. The Kier molecular flexibility index (Phi) is 8.03. The Labute approximate surface area is 142 Å². The summed E-state index contributed by atoms with van der Waals surface area (Å²) >= 11 is 2.54. The van der Waals surface area contributed by atoms with Gasteiger partial charge in [-0.3, -0.25) is 4.90 Å². The van der Waals surface area contributed by atoms with Crippen molar-refractivity contribution in [3.8, 4) is 0 Å². The summed E-state index contributed by atoms with van der Waals surface area (Å²) in [6.07, 6.45) is 1.66. The van der Waals surface area contributed by atoms with Gasteiger partial charge >= 0.3 is 0 Å². The molecule has 0 radical (unpaired) electrons. The topological polar surface area (TPSA) is 6.48 Å². The van der Waals surface area contributed by atoms with Crippen LogP contribution in [0.5, 0.6) is 0 Å². The van der Waals surface area contributed by atoms with E-state index in [1.807, 2.05) is 0 Å². The van der Waals surface area contributed by atoms with Gasteiger partial charge in [0, 0.05) is 34.9 Å². The van der Waals surface area contributed by atoms with Crippen LogP contribution < -0.4 is 0 Å². The summed E-state index contributed by atoms with van der Waals surface area (Å²) in [6, 6.07) is 0. The number of hydrogen-bond donors (Lipinski definition) is 0. The minimum atomic E-state index is 0.207.